The van der Waals surface area contributed by atoms with Crippen LogP contribution in [0, 0.1) is 10.1 Å². The lowest BCUT2D eigenvalue weighted by atomic mass is 10.1. The zero-order valence-electron chi connectivity index (χ0n) is 14.0. The summed E-state index contributed by atoms with van der Waals surface area (Å²) in [7, 11) is 0. The number of hydrogen-bond acceptors (Lipinski definition) is 7. The molecule has 1 atom stereocenters. The van der Waals surface area contributed by atoms with Crippen LogP contribution >= 0.6 is 11.8 Å². The number of non-ortho nitro benzene ring substituents is 1. The van der Waals surface area contributed by atoms with Gasteiger partial charge in [-0.3, -0.25) is 25.2 Å². The van der Waals surface area contributed by atoms with Gasteiger partial charge in [0, 0.05) is 24.0 Å². The van der Waals surface area contributed by atoms with Gasteiger partial charge in [-0.25, -0.2) is 0 Å². The minimum absolute atomic E-state index is 0.0626. The van der Waals surface area contributed by atoms with Crippen LogP contribution in [-0.2, 0) is 10.5 Å². The number of benzene rings is 2. The third-order valence-electron chi connectivity index (χ3n) is 4.11. The molecule has 1 amide bonds. The van der Waals surface area contributed by atoms with E-state index >= 15 is 0 Å². The number of rotatable bonds is 4. The summed E-state index contributed by atoms with van der Waals surface area (Å²) >= 11 is 1.44. The summed E-state index contributed by atoms with van der Waals surface area (Å²) in [4.78, 5) is 24.5. The van der Waals surface area contributed by atoms with Crippen LogP contribution < -0.4 is 10.7 Å². The van der Waals surface area contributed by atoms with Gasteiger partial charge in [0.2, 0.25) is 5.91 Å². The SMILES string of the molecule is O=C1C=C(c2ccccc2)N2C(SCc3cccc([N+](=O)[O-])c3)=NNC2N1. The average Bonchev–Trinajstić information content (AvgIpc) is 3.09. The van der Waals surface area contributed by atoms with E-state index in [0.717, 1.165) is 16.8 Å². The number of hydrazone groups is 1. The summed E-state index contributed by atoms with van der Waals surface area (Å²) in [5.41, 5.74) is 5.46. The molecule has 136 valence electrons. The predicted octanol–water partition coefficient (Wildman–Crippen LogP) is 2.46. The lowest BCUT2D eigenvalue weighted by Gasteiger charge is -2.32. The minimum atomic E-state index is -0.453. The molecule has 9 heteroatoms. The first kappa shape index (κ1) is 17.1. The van der Waals surface area contributed by atoms with Crippen molar-refractivity contribution in [2.75, 3.05) is 0 Å². The molecule has 0 saturated heterocycles. The number of carbonyl (C=O) groups excluding carboxylic acids is 1. The second kappa shape index (κ2) is 7.12. The Morgan fingerprint density at radius 1 is 1.19 bits per heavy atom. The first-order chi connectivity index (χ1) is 13.1. The van der Waals surface area contributed by atoms with Crippen LogP contribution in [0.4, 0.5) is 5.69 Å². The summed E-state index contributed by atoms with van der Waals surface area (Å²) in [5, 5.41) is 18.8. The van der Waals surface area contributed by atoms with Gasteiger partial charge in [-0.15, -0.1) is 0 Å². The smallest absolute Gasteiger partial charge is 0.269 e. The molecule has 2 heterocycles. The van der Waals surface area contributed by atoms with E-state index in [4.69, 9.17) is 0 Å². The molecular weight excluding hydrogens is 366 g/mol. The lowest BCUT2D eigenvalue weighted by molar-refractivity contribution is -0.384. The highest BCUT2D eigenvalue weighted by atomic mass is 32.2. The predicted molar refractivity (Wildman–Crippen MR) is 103 cm³/mol. The second-order valence-corrected chi connectivity index (χ2v) is 6.86. The molecule has 2 N–H and O–H groups in total. The standard InChI is InChI=1S/C18H15N5O3S/c24-16-10-15(13-6-2-1-3-7-13)22-17(19-16)20-21-18(22)27-11-12-5-4-8-14(9-12)23(25)26/h1-10,17,20H,11H2,(H,19,24). The van der Waals surface area contributed by atoms with Crippen LogP contribution in [0.2, 0.25) is 0 Å². The van der Waals surface area contributed by atoms with E-state index in [9.17, 15) is 14.9 Å². The van der Waals surface area contributed by atoms with Gasteiger partial charge in [0.05, 0.1) is 10.6 Å². The van der Waals surface area contributed by atoms with Gasteiger partial charge < -0.3 is 5.32 Å². The molecule has 2 aliphatic rings. The van der Waals surface area contributed by atoms with E-state index in [0.29, 0.717) is 10.9 Å². The maximum absolute atomic E-state index is 12.0. The van der Waals surface area contributed by atoms with Crippen molar-refractivity contribution in [3.63, 3.8) is 0 Å². The van der Waals surface area contributed by atoms with Crippen molar-refractivity contribution in [3.8, 4) is 0 Å². The fourth-order valence-electron chi connectivity index (χ4n) is 2.89. The minimum Gasteiger partial charge on any atom is -0.314 e. The van der Waals surface area contributed by atoms with Crippen LogP contribution in [-0.4, -0.2) is 27.2 Å². The molecule has 0 saturated carbocycles. The summed E-state index contributed by atoms with van der Waals surface area (Å²) in [6.07, 6.45) is 1.09. The van der Waals surface area contributed by atoms with Crippen LogP contribution in [0.25, 0.3) is 5.70 Å². The number of fused-ring (bicyclic) bond motifs is 1. The van der Waals surface area contributed by atoms with Crippen molar-refractivity contribution >= 4 is 34.2 Å². The lowest BCUT2D eigenvalue weighted by Crippen LogP contribution is -2.53. The highest BCUT2D eigenvalue weighted by Crippen LogP contribution is 2.31. The summed E-state index contributed by atoms with van der Waals surface area (Å²) < 4.78 is 0. The van der Waals surface area contributed by atoms with Crippen molar-refractivity contribution in [3.05, 3.63) is 81.9 Å². The monoisotopic (exact) mass is 381 g/mol. The first-order valence-corrected chi connectivity index (χ1v) is 9.16. The number of nitro benzene ring substituents is 1. The number of nitro groups is 1. The summed E-state index contributed by atoms with van der Waals surface area (Å²) in [6.45, 7) is 0. The van der Waals surface area contributed by atoms with Crippen molar-refractivity contribution in [2.45, 2.75) is 12.0 Å². The molecule has 4 rings (SSSR count). The molecule has 27 heavy (non-hydrogen) atoms. The molecule has 0 spiro atoms. The fourth-order valence-corrected chi connectivity index (χ4v) is 3.82. The van der Waals surface area contributed by atoms with Gasteiger partial charge in [0.25, 0.3) is 5.69 Å². The van der Waals surface area contributed by atoms with E-state index in [-0.39, 0.29) is 11.6 Å². The number of nitrogens with zero attached hydrogens (tertiary/aromatic N) is 3. The Hall–Kier alpha value is -3.33. The number of hydrogen-bond donors (Lipinski definition) is 2. The highest BCUT2D eigenvalue weighted by molar-refractivity contribution is 8.13. The van der Waals surface area contributed by atoms with Crippen LogP contribution in [0.15, 0.2) is 65.8 Å². The zero-order chi connectivity index (χ0) is 18.8. The van der Waals surface area contributed by atoms with E-state index < -0.39 is 11.2 Å². The Labute approximate surface area is 159 Å². The number of thioether (sulfide) groups is 1. The number of amidine groups is 1. The van der Waals surface area contributed by atoms with Crippen molar-refractivity contribution in [1.29, 1.82) is 0 Å². The third-order valence-corrected chi connectivity index (χ3v) is 5.14. The molecule has 1 unspecified atom stereocenters. The van der Waals surface area contributed by atoms with Gasteiger partial charge in [0.1, 0.15) is 0 Å². The average molecular weight is 381 g/mol. The molecule has 8 nitrogen and oxygen atoms in total. The maximum atomic E-state index is 12.0. The first-order valence-electron chi connectivity index (χ1n) is 8.18. The molecule has 2 aromatic rings. The molecule has 0 radical (unpaired) electrons. The Morgan fingerprint density at radius 3 is 2.78 bits per heavy atom. The molecule has 0 fully saturated rings. The van der Waals surface area contributed by atoms with Gasteiger partial charge in [0.15, 0.2) is 11.5 Å². The number of carbonyl (C=O) groups is 1. The molecular formula is C18H15N5O3S. The highest BCUT2D eigenvalue weighted by Gasteiger charge is 2.35. The molecule has 0 aliphatic carbocycles. The molecule has 0 bridgehead atoms. The van der Waals surface area contributed by atoms with Crippen LogP contribution in [0.1, 0.15) is 11.1 Å². The van der Waals surface area contributed by atoms with Crippen molar-refractivity contribution in [1.82, 2.24) is 15.6 Å². The van der Waals surface area contributed by atoms with Crippen molar-refractivity contribution < 1.29 is 9.72 Å². The van der Waals surface area contributed by atoms with E-state index in [1.807, 2.05) is 41.3 Å². The van der Waals surface area contributed by atoms with E-state index in [1.54, 1.807) is 18.2 Å². The Bertz CT molecular complexity index is 960. The maximum Gasteiger partial charge on any atom is 0.269 e. The van der Waals surface area contributed by atoms with Crippen molar-refractivity contribution in [2.24, 2.45) is 5.10 Å². The van der Waals surface area contributed by atoms with Crippen LogP contribution in [0.5, 0.6) is 0 Å². The van der Waals surface area contributed by atoms with E-state index in [1.165, 1.54) is 17.8 Å². The Morgan fingerprint density at radius 2 is 2.00 bits per heavy atom. The summed E-state index contributed by atoms with van der Waals surface area (Å²) in [5.74, 6) is 0.323. The van der Waals surface area contributed by atoms with Gasteiger partial charge >= 0.3 is 0 Å². The number of amides is 1. The third kappa shape index (κ3) is 3.49. The topological polar surface area (TPSA) is 99.9 Å². The molecule has 2 aliphatic heterocycles. The quantitative estimate of drug-likeness (QED) is 0.623. The Kier molecular flexibility index (Phi) is 4.51. The summed E-state index contributed by atoms with van der Waals surface area (Å²) in [6, 6.07) is 16.1. The molecule has 2 aromatic carbocycles. The largest absolute Gasteiger partial charge is 0.314 e. The van der Waals surface area contributed by atoms with Gasteiger partial charge in [-0.1, -0.05) is 54.2 Å². The van der Waals surface area contributed by atoms with E-state index in [2.05, 4.69) is 15.8 Å². The second-order valence-electron chi connectivity index (χ2n) is 5.92. The Balaban J connectivity index is 1.56. The number of nitrogens with one attached hydrogen (secondary N) is 2. The van der Waals surface area contributed by atoms with Gasteiger partial charge in [-0.2, -0.15) is 5.10 Å². The van der Waals surface area contributed by atoms with Crippen LogP contribution in [0.3, 0.4) is 0 Å². The normalized spacial score (nSPS) is 18.1. The fraction of sp³-hybridized carbons (Fsp3) is 0.111. The molecule has 0 aromatic heterocycles. The zero-order valence-corrected chi connectivity index (χ0v) is 14.8. The van der Waals surface area contributed by atoms with Gasteiger partial charge in [-0.05, 0) is 11.1 Å².